The van der Waals surface area contributed by atoms with Crippen LogP contribution in [0.1, 0.15) is 27.7 Å². The number of nitrogens with zero attached hydrogens (tertiary/aromatic N) is 1. The molecule has 1 nitrogen and oxygen atoms in total. The van der Waals surface area contributed by atoms with Gasteiger partial charge in [-0.05, 0) is 32.0 Å². The first-order valence-corrected chi connectivity index (χ1v) is 3.50. The predicted octanol–water partition coefficient (Wildman–Crippen LogP) is 2.52. The highest BCUT2D eigenvalue weighted by Crippen LogP contribution is 2.18. The van der Waals surface area contributed by atoms with Gasteiger partial charge in [-0.3, -0.25) is 0 Å². The number of hydrogen-bond donors (Lipinski definition) is 0. The van der Waals surface area contributed by atoms with Gasteiger partial charge in [-0.1, -0.05) is 13.8 Å². The lowest BCUT2D eigenvalue weighted by Gasteiger charge is -2.21. The topological polar surface area (TPSA) is 12.4 Å². The highest BCUT2D eigenvalue weighted by atomic mass is 32.1. The average Bonchev–Trinajstić information content (AvgIpc) is 1.65. The molecule has 0 spiro atoms. The molecule has 0 aromatic rings. The summed E-state index contributed by atoms with van der Waals surface area (Å²) in [5.74, 6) is 0.521. The smallest absolute Gasteiger partial charge is 0.0677 e. The van der Waals surface area contributed by atoms with Crippen molar-refractivity contribution in [1.29, 1.82) is 0 Å². The summed E-state index contributed by atoms with van der Waals surface area (Å²) in [6, 6.07) is 0. The first-order valence-electron chi connectivity index (χ1n) is 3.09. The second kappa shape index (κ2) is 3.09. The molecule has 52 valence electrons. The van der Waals surface area contributed by atoms with E-state index in [4.69, 9.17) is 0 Å². The molecule has 0 unspecified atom stereocenters. The number of aliphatic imine (C=N–C) groups is 1. The van der Waals surface area contributed by atoms with Crippen LogP contribution in [0.5, 0.6) is 0 Å². The van der Waals surface area contributed by atoms with Gasteiger partial charge in [-0.25, -0.2) is 4.99 Å². The van der Waals surface area contributed by atoms with Crippen LogP contribution in [-0.2, 0) is 0 Å². The highest BCUT2D eigenvalue weighted by Gasteiger charge is 2.19. The third kappa shape index (κ3) is 2.73. The Morgan fingerprint density at radius 1 is 1.44 bits per heavy atom. The summed E-state index contributed by atoms with van der Waals surface area (Å²) in [7, 11) is 0. The molecule has 0 radical (unpaired) electrons. The molecule has 0 saturated heterocycles. The summed E-state index contributed by atoms with van der Waals surface area (Å²) in [6.45, 7) is 8.35. The van der Waals surface area contributed by atoms with Crippen LogP contribution in [0.2, 0.25) is 0 Å². The second-order valence-electron chi connectivity index (χ2n) is 3.01. The Morgan fingerprint density at radius 2 is 1.89 bits per heavy atom. The molecule has 0 fully saturated rings. The Balaban J connectivity index is 4.18. The molecule has 0 amide bonds. The van der Waals surface area contributed by atoms with Crippen molar-refractivity contribution in [2.45, 2.75) is 33.2 Å². The monoisotopic (exact) mass is 143 g/mol. The first-order chi connectivity index (χ1) is 4.00. The largest absolute Gasteiger partial charge is 0.226 e. The third-order valence-electron chi connectivity index (χ3n) is 1.75. The Kier molecular flexibility index (Phi) is 3.02. The number of rotatable bonds is 2. The van der Waals surface area contributed by atoms with Crippen LogP contribution < -0.4 is 0 Å². The van der Waals surface area contributed by atoms with Gasteiger partial charge in [-0.2, -0.15) is 0 Å². The van der Waals surface area contributed by atoms with Gasteiger partial charge < -0.3 is 0 Å². The van der Waals surface area contributed by atoms with Gasteiger partial charge in [0.05, 0.1) is 10.7 Å². The van der Waals surface area contributed by atoms with Crippen LogP contribution in [0.4, 0.5) is 0 Å². The fraction of sp³-hybridized carbons (Fsp3) is 0.857. The molecule has 0 aliphatic carbocycles. The Bertz CT molecular complexity index is 132. The minimum absolute atomic E-state index is 0.0399. The molecule has 0 N–H and O–H groups in total. The van der Waals surface area contributed by atoms with Crippen molar-refractivity contribution < 1.29 is 0 Å². The third-order valence-corrected chi connectivity index (χ3v) is 1.84. The van der Waals surface area contributed by atoms with E-state index in [-0.39, 0.29) is 5.54 Å². The van der Waals surface area contributed by atoms with Gasteiger partial charge in [0.1, 0.15) is 0 Å². The van der Waals surface area contributed by atoms with Crippen molar-refractivity contribution in [3.8, 4) is 0 Å². The van der Waals surface area contributed by atoms with E-state index in [9.17, 15) is 0 Å². The summed E-state index contributed by atoms with van der Waals surface area (Å²) in [5.41, 5.74) is -0.0399. The van der Waals surface area contributed by atoms with E-state index in [0.717, 1.165) is 0 Å². The van der Waals surface area contributed by atoms with Crippen molar-refractivity contribution in [2.24, 2.45) is 10.9 Å². The highest BCUT2D eigenvalue weighted by molar-refractivity contribution is 7.78. The maximum atomic E-state index is 4.50. The van der Waals surface area contributed by atoms with Gasteiger partial charge in [0.25, 0.3) is 0 Å². The van der Waals surface area contributed by atoms with Crippen LogP contribution in [0.3, 0.4) is 0 Å². The Morgan fingerprint density at radius 3 is 2.00 bits per heavy atom. The lowest BCUT2D eigenvalue weighted by atomic mass is 9.92. The fourth-order valence-electron chi connectivity index (χ4n) is 0.247. The summed E-state index contributed by atoms with van der Waals surface area (Å²) in [6.07, 6.45) is 0. The van der Waals surface area contributed by atoms with Gasteiger partial charge in [0.15, 0.2) is 0 Å². The van der Waals surface area contributed by atoms with Crippen molar-refractivity contribution in [3.63, 3.8) is 0 Å². The minimum Gasteiger partial charge on any atom is -0.226 e. The molecule has 0 bridgehead atoms. The molecule has 0 aromatic carbocycles. The molecule has 0 rings (SSSR count). The van der Waals surface area contributed by atoms with Crippen molar-refractivity contribution in [3.05, 3.63) is 0 Å². The van der Waals surface area contributed by atoms with E-state index in [1.54, 1.807) is 0 Å². The summed E-state index contributed by atoms with van der Waals surface area (Å²) in [5, 5.41) is 2.40. The second-order valence-corrected chi connectivity index (χ2v) is 3.19. The van der Waals surface area contributed by atoms with Gasteiger partial charge in [-0.15, -0.1) is 0 Å². The molecule has 9 heavy (non-hydrogen) atoms. The van der Waals surface area contributed by atoms with Crippen molar-refractivity contribution in [2.75, 3.05) is 0 Å². The van der Waals surface area contributed by atoms with Crippen LogP contribution >= 0.6 is 12.2 Å². The minimum atomic E-state index is -0.0399. The summed E-state index contributed by atoms with van der Waals surface area (Å²) >= 11 is 4.50. The zero-order valence-electron chi connectivity index (χ0n) is 6.43. The molecule has 0 heterocycles. The van der Waals surface area contributed by atoms with Crippen LogP contribution in [-0.4, -0.2) is 10.7 Å². The van der Waals surface area contributed by atoms with Crippen LogP contribution in [0, 0.1) is 5.92 Å². The van der Waals surface area contributed by atoms with Gasteiger partial charge in [0, 0.05) is 0 Å². The fourth-order valence-corrected chi connectivity index (χ4v) is 0.482. The van der Waals surface area contributed by atoms with E-state index in [2.05, 4.69) is 50.1 Å². The van der Waals surface area contributed by atoms with Crippen LogP contribution in [0.25, 0.3) is 0 Å². The molecule has 0 atom stereocenters. The molecular weight excluding hydrogens is 130 g/mol. The number of hydrogen-bond acceptors (Lipinski definition) is 2. The lowest BCUT2D eigenvalue weighted by Crippen LogP contribution is -2.23. The first kappa shape index (κ1) is 8.80. The zero-order valence-corrected chi connectivity index (χ0v) is 7.25. The SMILES string of the molecule is CC(C)C(C)(C)N=C=S. The predicted molar refractivity (Wildman–Crippen MR) is 43.9 cm³/mol. The number of thiocarbonyl (C=S) groups is 1. The Labute approximate surface area is 62.2 Å². The normalized spacial score (nSPS) is 11.2. The lowest BCUT2D eigenvalue weighted by molar-refractivity contribution is 0.379. The molecule has 0 aliphatic rings. The molecular formula is C7H13NS. The summed E-state index contributed by atoms with van der Waals surface area (Å²) < 4.78 is 0. The van der Waals surface area contributed by atoms with Gasteiger partial charge >= 0.3 is 0 Å². The van der Waals surface area contributed by atoms with E-state index in [1.165, 1.54) is 0 Å². The Hall–Kier alpha value is -0.200. The molecule has 0 saturated carbocycles. The van der Waals surface area contributed by atoms with Crippen molar-refractivity contribution in [1.82, 2.24) is 0 Å². The summed E-state index contributed by atoms with van der Waals surface area (Å²) in [4.78, 5) is 4.02. The van der Waals surface area contributed by atoms with E-state index in [0.29, 0.717) is 5.92 Å². The quantitative estimate of drug-likeness (QED) is 0.427. The average molecular weight is 143 g/mol. The molecule has 0 aromatic heterocycles. The van der Waals surface area contributed by atoms with Gasteiger partial charge in [0.2, 0.25) is 0 Å². The maximum Gasteiger partial charge on any atom is 0.0677 e. The van der Waals surface area contributed by atoms with E-state index >= 15 is 0 Å². The van der Waals surface area contributed by atoms with Crippen LogP contribution in [0.15, 0.2) is 4.99 Å². The van der Waals surface area contributed by atoms with Crippen molar-refractivity contribution >= 4 is 17.4 Å². The molecule has 2 heteroatoms. The van der Waals surface area contributed by atoms with E-state index in [1.807, 2.05) is 0 Å². The number of isothiocyanates is 1. The zero-order chi connectivity index (χ0) is 7.49. The maximum absolute atomic E-state index is 4.50. The molecule has 0 aliphatic heterocycles. The standard InChI is InChI=1S/C7H13NS/c1-6(2)7(3,4)8-5-9/h6H,1-4H3. The van der Waals surface area contributed by atoms with E-state index < -0.39 is 0 Å².